The molecule has 0 unspecified atom stereocenters. The van der Waals surface area contributed by atoms with Crippen LogP contribution in [0.5, 0.6) is 0 Å². The third-order valence-corrected chi connectivity index (χ3v) is 4.40. The maximum atomic E-state index is 11.8. The van der Waals surface area contributed by atoms with Crippen LogP contribution < -0.4 is 10.2 Å². The third kappa shape index (κ3) is 6.92. The van der Waals surface area contributed by atoms with Crippen molar-refractivity contribution < 1.29 is 4.79 Å². The van der Waals surface area contributed by atoms with E-state index in [-0.39, 0.29) is 11.7 Å². The van der Waals surface area contributed by atoms with Crippen LogP contribution in [0.2, 0.25) is 5.15 Å². The molecule has 1 amide bonds. The number of halogens is 1. The van der Waals surface area contributed by atoms with Gasteiger partial charge < -0.3 is 10.2 Å². The Hall–Kier alpha value is -1.79. The van der Waals surface area contributed by atoms with E-state index >= 15 is 0 Å². The van der Waals surface area contributed by atoms with Crippen LogP contribution in [0.4, 0.5) is 5.82 Å². The first-order valence-electron chi connectivity index (χ1n) is 8.13. The van der Waals surface area contributed by atoms with Crippen LogP contribution in [0.25, 0.3) is 0 Å². The highest BCUT2D eigenvalue weighted by Crippen LogP contribution is 2.22. The van der Waals surface area contributed by atoms with Crippen LogP contribution in [0.3, 0.4) is 0 Å². The molecule has 1 aromatic heterocycles. The second-order valence-corrected chi connectivity index (χ2v) is 7.49. The first-order chi connectivity index (χ1) is 11.9. The minimum absolute atomic E-state index is 0.0264. The minimum Gasteiger partial charge on any atom is -0.355 e. The normalized spacial score (nSPS) is 10.8. The molecule has 0 saturated heterocycles. The summed E-state index contributed by atoms with van der Waals surface area (Å²) in [6, 6.07) is 11.9. The van der Waals surface area contributed by atoms with E-state index in [1.165, 1.54) is 17.3 Å². The molecule has 0 saturated carbocycles. The van der Waals surface area contributed by atoms with E-state index in [0.717, 1.165) is 5.82 Å². The molecule has 1 aromatic carbocycles. The average Bonchev–Trinajstić information content (AvgIpc) is 2.58. The standard InChI is InChI=1S/C18H23ClN4OS/c1-13(2)10-20-17(24)12-25-18-21-15(19)9-16(22-18)23(3)11-14-7-5-4-6-8-14/h4-9,13H,10-12H2,1-3H3,(H,20,24). The van der Waals surface area contributed by atoms with Crippen LogP contribution in [0.1, 0.15) is 19.4 Å². The van der Waals surface area contributed by atoms with Crippen molar-refractivity contribution in [1.29, 1.82) is 0 Å². The summed E-state index contributed by atoms with van der Waals surface area (Å²) in [5, 5.41) is 3.75. The molecule has 134 valence electrons. The van der Waals surface area contributed by atoms with Crippen molar-refractivity contribution in [1.82, 2.24) is 15.3 Å². The SMILES string of the molecule is CC(C)CNC(=O)CSc1nc(Cl)cc(N(C)Cc2ccccc2)n1. The highest BCUT2D eigenvalue weighted by atomic mass is 35.5. The van der Waals surface area contributed by atoms with Crippen LogP contribution >= 0.6 is 23.4 Å². The highest BCUT2D eigenvalue weighted by molar-refractivity contribution is 7.99. The van der Waals surface area contributed by atoms with Gasteiger partial charge >= 0.3 is 0 Å². The summed E-state index contributed by atoms with van der Waals surface area (Å²) < 4.78 is 0. The molecule has 7 heteroatoms. The summed E-state index contributed by atoms with van der Waals surface area (Å²) in [5.74, 6) is 1.40. The summed E-state index contributed by atoms with van der Waals surface area (Å²) in [5.41, 5.74) is 1.18. The molecule has 0 aliphatic heterocycles. The van der Waals surface area contributed by atoms with E-state index in [4.69, 9.17) is 11.6 Å². The molecule has 0 bridgehead atoms. The smallest absolute Gasteiger partial charge is 0.230 e. The molecular weight excluding hydrogens is 356 g/mol. The van der Waals surface area contributed by atoms with Gasteiger partial charge in [-0.3, -0.25) is 4.79 Å². The Labute approximate surface area is 158 Å². The largest absolute Gasteiger partial charge is 0.355 e. The first-order valence-corrected chi connectivity index (χ1v) is 9.49. The van der Waals surface area contributed by atoms with Gasteiger partial charge in [0.2, 0.25) is 5.91 Å². The summed E-state index contributed by atoms with van der Waals surface area (Å²) in [6.45, 7) is 5.50. The maximum absolute atomic E-state index is 11.8. The fourth-order valence-corrected chi connectivity index (χ4v) is 2.99. The Morgan fingerprint density at radius 2 is 2.00 bits per heavy atom. The lowest BCUT2D eigenvalue weighted by molar-refractivity contribution is -0.118. The lowest BCUT2D eigenvalue weighted by Crippen LogP contribution is -2.28. The van der Waals surface area contributed by atoms with Crippen molar-refractivity contribution >= 4 is 35.1 Å². The molecule has 1 N–H and O–H groups in total. The lowest BCUT2D eigenvalue weighted by atomic mass is 10.2. The van der Waals surface area contributed by atoms with Crippen molar-refractivity contribution in [2.24, 2.45) is 5.92 Å². The van der Waals surface area contributed by atoms with Gasteiger partial charge in [0.15, 0.2) is 5.16 Å². The number of nitrogens with one attached hydrogen (secondary N) is 1. The molecule has 0 aliphatic carbocycles. The number of carbonyl (C=O) groups is 1. The minimum atomic E-state index is -0.0264. The van der Waals surface area contributed by atoms with E-state index in [9.17, 15) is 4.79 Å². The predicted molar refractivity (Wildman–Crippen MR) is 104 cm³/mol. The molecular formula is C18H23ClN4OS. The van der Waals surface area contributed by atoms with Gasteiger partial charge in [0.05, 0.1) is 5.75 Å². The quantitative estimate of drug-likeness (QED) is 0.432. The Morgan fingerprint density at radius 3 is 2.68 bits per heavy atom. The molecule has 25 heavy (non-hydrogen) atoms. The molecule has 2 aromatic rings. The molecule has 0 radical (unpaired) electrons. The zero-order valence-electron chi connectivity index (χ0n) is 14.7. The zero-order chi connectivity index (χ0) is 18.2. The third-order valence-electron chi connectivity index (χ3n) is 3.35. The number of hydrogen-bond acceptors (Lipinski definition) is 5. The number of nitrogens with zero attached hydrogens (tertiary/aromatic N) is 3. The maximum Gasteiger partial charge on any atom is 0.230 e. The second kappa shape index (κ2) is 9.63. The number of amides is 1. The number of anilines is 1. The Balaban J connectivity index is 1.98. The van der Waals surface area contributed by atoms with E-state index in [1.54, 1.807) is 6.07 Å². The van der Waals surface area contributed by atoms with Crippen molar-refractivity contribution in [2.45, 2.75) is 25.5 Å². The Morgan fingerprint density at radius 1 is 1.28 bits per heavy atom. The Bertz CT molecular complexity index is 697. The number of carbonyl (C=O) groups excluding carboxylic acids is 1. The van der Waals surface area contributed by atoms with Gasteiger partial charge in [-0.25, -0.2) is 9.97 Å². The molecule has 2 rings (SSSR count). The topological polar surface area (TPSA) is 58.1 Å². The van der Waals surface area contributed by atoms with Crippen molar-refractivity contribution in [3.63, 3.8) is 0 Å². The molecule has 5 nitrogen and oxygen atoms in total. The first kappa shape index (κ1) is 19.5. The predicted octanol–water partition coefficient (Wildman–Crippen LogP) is 3.63. The van der Waals surface area contributed by atoms with E-state index in [0.29, 0.717) is 29.3 Å². The van der Waals surface area contributed by atoms with Crippen molar-refractivity contribution in [3.05, 3.63) is 47.1 Å². The summed E-state index contributed by atoms with van der Waals surface area (Å²) >= 11 is 7.41. The van der Waals surface area contributed by atoms with E-state index in [2.05, 4.69) is 41.3 Å². The van der Waals surface area contributed by atoms with Gasteiger partial charge in [0.25, 0.3) is 0 Å². The number of aromatic nitrogens is 2. The average molecular weight is 379 g/mol. The highest BCUT2D eigenvalue weighted by Gasteiger charge is 2.11. The second-order valence-electron chi connectivity index (χ2n) is 6.16. The fourth-order valence-electron chi connectivity index (χ4n) is 2.08. The summed E-state index contributed by atoms with van der Waals surface area (Å²) in [6.07, 6.45) is 0. The van der Waals surface area contributed by atoms with Crippen LogP contribution in [0.15, 0.2) is 41.6 Å². The number of benzene rings is 1. The molecule has 0 atom stereocenters. The van der Waals surface area contributed by atoms with Gasteiger partial charge in [-0.1, -0.05) is 67.5 Å². The lowest BCUT2D eigenvalue weighted by Gasteiger charge is -2.19. The van der Waals surface area contributed by atoms with Gasteiger partial charge in [-0.05, 0) is 11.5 Å². The van der Waals surface area contributed by atoms with Crippen LogP contribution in [-0.2, 0) is 11.3 Å². The molecule has 1 heterocycles. The number of thioether (sulfide) groups is 1. The van der Waals surface area contributed by atoms with Gasteiger partial charge in [0.1, 0.15) is 11.0 Å². The van der Waals surface area contributed by atoms with Gasteiger partial charge in [0, 0.05) is 26.2 Å². The van der Waals surface area contributed by atoms with Crippen molar-refractivity contribution in [2.75, 3.05) is 24.2 Å². The fraction of sp³-hybridized carbons (Fsp3) is 0.389. The van der Waals surface area contributed by atoms with Crippen molar-refractivity contribution in [3.8, 4) is 0 Å². The molecule has 0 spiro atoms. The molecule has 0 fully saturated rings. The van der Waals surface area contributed by atoms with E-state index in [1.807, 2.05) is 30.1 Å². The van der Waals surface area contributed by atoms with Gasteiger partial charge in [-0.2, -0.15) is 0 Å². The number of rotatable bonds is 8. The van der Waals surface area contributed by atoms with E-state index < -0.39 is 0 Å². The number of hydrogen-bond donors (Lipinski definition) is 1. The summed E-state index contributed by atoms with van der Waals surface area (Å²) in [7, 11) is 1.95. The summed E-state index contributed by atoms with van der Waals surface area (Å²) in [4.78, 5) is 22.6. The van der Waals surface area contributed by atoms with Crippen LogP contribution in [-0.4, -0.2) is 35.2 Å². The zero-order valence-corrected chi connectivity index (χ0v) is 16.3. The molecule has 0 aliphatic rings. The van der Waals surface area contributed by atoms with Gasteiger partial charge in [-0.15, -0.1) is 0 Å². The monoisotopic (exact) mass is 378 g/mol. The van der Waals surface area contributed by atoms with Crippen LogP contribution in [0, 0.1) is 5.92 Å². The Kier molecular flexibility index (Phi) is 7.52.